The van der Waals surface area contributed by atoms with Crippen LogP contribution in [0, 0.1) is 11.3 Å². The molecular formula is C15H13N3OS. The van der Waals surface area contributed by atoms with Crippen LogP contribution in [0.5, 0.6) is 0 Å². The van der Waals surface area contributed by atoms with Crippen LogP contribution in [0.2, 0.25) is 0 Å². The quantitative estimate of drug-likeness (QED) is 0.668. The number of nitrogen functional groups attached to an aromatic ring is 1. The third-order valence-electron chi connectivity index (χ3n) is 2.57. The van der Waals surface area contributed by atoms with Gasteiger partial charge in [-0.2, -0.15) is 5.26 Å². The number of nitrogens with two attached hydrogens (primary N) is 1. The number of anilines is 2. The highest BCUT2D eigenvalue weighted by Crippen LogP contribution is 2.20. The topological polar surface area (TPSA) is 78.9 Å². The first-order valence-corrected chi connectivity index (χ1v) is 6.95. The zero-order valence-electron chi connectivity index (χ0n) is 10.7. The van der Waals surface area contributed by atoms with Crippen LogP contribution < -0.4 is 11.1 Å². The second kappa shape index (κ2) is 6.64. The summed E-state index contributed by atoms with van der Waals surface area (Å²) in [5.41, 5.74) is 7.29. The fraction of sp³-hybridized carbons (Fsp3) is 0.0667. The van der Waals surface area contributed by atoms with Crippen molar-refractivity contribution in [1.82, 2.24) is 0 Å². The van der Waals surface area contributed by atoms with Crippen molar-refractivity contribution in [1.29, 1.82) is 5.26 Å². The molecule has 0 aliphatic heterocycles. The lowest BCUT2D eigenvalue weighted by molar-refractivity contribution is -0.113. The van der Waals surface area contributed by atoms with E-state index in [0.717, 1.165) is 4.90 Å². The van der Waals surface area contributed by atoms with Crippen LogP contribution in [0.4, 0.5) is 11.4 Å². The zero-order chi connectivity index (χ0) is 14.4. The average Bonchev–Trinajstić information content (AvgIpc) is 2.47. The van der Waals surface area contributed by atoms with Gasteiger partial charge in [-0.25, -0.2) is 0 Å². The number of benzene rings is 2. The molecule has 0 saturated carbocycles. The molecule has 100 valence electrons. The van der Waals surface area contributed by atoms with Gasteiger partial charge in [-0.15, -0.1) is 11.8 Å². The number of nitrogens with zero attached hydrogens (tertiary/aromatic N) is 1. The Morgan fingerprint density at radius 2 is 1.90 bits per heavy atom. The Balaban J connectivity index is 1.93. The minimum atomic E-state index is -0.144. The number of para-hydroxylation sites is 1. The lowest BCUT2D eigenvalue weighted by atomic mass is 10.2. The number of hydrogen-bond acceptors (Lipinski definition) is 4. The number of nitrogens with one attached hydrogen (secondary N) is 1. The molecule has 2 aromatic rings. The SMILES string of the molecule is N#Cc1ccccc1NC(=O)CSc1ccc(N)cc1. The first kappa shape index (κ1) is 14.0. The number of nitriles is 1. The maximum Gasteiger partial charge on any atom is 0.234 e. The number of carbonyl (C=O) groups is 1. The standard InChI is InChI=1S/C15H13N3OS/c16-9-11-3-1-2-4-14(11)18-15(19)10-20-13-7-5-12(17)6-8-13/h1-8H,10,17H2,(H,18,19). The Hall–Kier alpha value is -2.45. The van der Waals surface area contributed by atoms with Crippen molar-refractivity contribution in [2.45, 2.75) is 4.90 Å². The summed E-state index contributed by atoms with van der Waals surface area (Å²) >= 11 is 1.42. The molecule has 0 unspecified atom stereocenters. The predicted octanol–water partition coefficient (Wildman–Crippen LogP) is 2.87. The number of rotatable bonds is 4. The normalized spacial score (nSPS) is 9.75. The maximum atomic E-state index is 11.9. The number of amides is 1. The fourth-order valence-electron chi connectivity index (χ4n) is 1.59. The van der Waals surface area contributed by atoms with E-state index in [2.05, 4.69) is 5.32 Å². The van der Waals surface area contributed by atoms with Gasteiger partial charge in [0.2, 0.25) is 5.91 Å². The summed E-state index contributed by atoms with van der Waals surface area (Å²) in [6.07, 6.45) is 0. The number of thioether (sulfide) groups is 1. The Kier molecular flexibility index (Phi) is 4.64. The Bertz CT molecular complexity index is 647. The molecule has 0 bridgehead atoms. The predicted molar refractivity (Wildman–Crippen MR) is 81.4 cm³/mol. The molecule has 0 aliphatic rings. The Morgan fingerprint density at radius 1 is 1.20 bits per heavy atom. The van der Waals surface area contributed by atoms with E-state index in [-0.39, 0.29) is 11.7 Å². The summed E-state index contributed by atoms with van der Waals surface area (Å²) < 4.78 is 0. The van der Waals surface area contributed by atoms with Gasteiger partial charge in [0.25, 0.3) is 0 Å². The third kappa shape index (κ3) is 3.77. The molecular weight excluding hydrogens is 270 g/mol. The average molecular weight is 283 g/mol. The van der Waals surface area contributed by atoms with E-state index in [0.29, 0.717) is 16.9 Å². The molecule has 0 spiro atoms. The summed E-state index contributed by atoms with van der Waals surface area (Å²) in [6, 6.07) is 16.3. The van der Waals surface area contributed by atoms with Crippen molar-refractivity contribution >= 4 is 29.0 Å². The molecule has 0 atom stereocenters. The second-order valence-electron chi connectivity index (χ2n) is 4.06. The maximum absolute atomic E-state index is 11.9. The second-order valence-corrected chi connectivity index (χ2v) is 5.11. The van der Waals surface area contributed by atoms with Gasteiger partial charge in [-0.3, -0.25) is 4.79 Å². The molecule has 0 heterocycles. The van der Waals surface area contributed by atoms with Gasteiger partial charge in [0.15, 0.2) is 0 Å². The Labute approximate surface area is 121 Å². The zero-order valence-corrected chi connectivity index (χ0v) is 11.5. The Morgan fingerprint density at radius 3 is 2.60 bits per heavy atom. The molecule has 4 nitrogen and oxygen atoms in total. The van der Waals surface area contributed by atoms with E-state index >= 15 is 0 Å². The molecule has 0 radical (unpaired) electrons. The van der Waals surface area contributed by atoms with Gasteiger partial charge in [0.05, 0.1) is 17.0 Å². The van der Waals surface area contributed by atoms with Crippen molar-refractivity contribution in [2.24, 2.45) is 0 Å². The first-order valence-electron chi connectivity index (χ1n) is 5.96. The summed E-state index contributed by atoms with van der Waals surface area (Å²) in [7, 11) is 0. The molecule has 0 fully saturated rings. The van der Waals surface area contributed by atoms with E-state index in [1.165, 1.54) is 11.8 Å². The van der Waals surface area contributed by atoms with E-state index in [1.807, 2.05) is 18.2 Å². The lowest BCUT2D eigenvalue weighted by Crippen LogP contribution is -2.14. The van der Waals surface area contributed by atoms with Crippen molar-refractivity contribution in [2.75, 3.05) is 16.8 Å². The van der Waals surface area contributed by atoms with Crippen LogP contribution in [0.1, 0.15) is 5.56 Å². The summed E-state index contributed by atoms with van der Waals surface area (Å²) in [6.45, 7) is 0. The summed E-state index contributed by atoms with van der Waals surface area (Å²) in [5, 5.41) is 11.7. The monoisotopic (exact) mass is 283 g/mol. The highest BCUT2D eigenvalue weighted by molar-refractivity contribution is 8.00. The van der Waals surface area contributed by atoms with Crippen LogP contribution in [0.3, 0.4) is 0 Å². The molecule has 2 rings (SSSR count). The largest absolute Gasteiger partial charge is 0.399 e. The molecule has 1 amide bonds. The lowest BCUT2D eigenvalue weighted by Gasteiger charge is -2.06. The minimum absolute atomic E-state index is 0.144. The first-order chi connectivity index (χ1) is 9.69. The van der Waals surface area contributed by atoms with Crippen molar-refractivity contribution in [3.63, 3.8) is 0 Å². The minimum Gasteiger partial charge on any atom is -0.399 e. The van der Waals surface area contributed by atoms with Gasteiger partial charge < -0.3 is 11.1 Å². The van der Waals surface area contributed by atoms with E-state index in [1.54, 1.807) is 36.4 Å². The molecule has 5 heteroatoms. The van der Waals surface area contributed by atoms with Crippen LogP contribution in [0.25, 0.3) is 0 Å². The van der Waals surface area contributed by atoms with Gasteiger partial charge in [0.1, 0.15) is 6.07 Å². The van der Waals surface area contributed by atoms with Gasteiger partial charge in [0, 0.05) is 10.6 Å². The molecule has 0 aromatic heterocycles. The molecule has 3 N–H and O–H groups in total. The van der Waals surface area contributed by atoms with Crippen LogP contribution in [-0.2, 0) is 4.79 Å². The highest BCUT2D eigenvalue weighted by Gasteiger charge is 2.06. The van der Waals surface area contributed by atoms with E-state index in [4.69, 9.17) is 11.0 Å². The van der Waals surface area contributed by atoms with Crippen LogP contribution >= 0.6 is 11.8 Å². The molecule has 2 aromatic carbocycles. The highest BCUT2D eigenvalue weighted by atomic mass is 32.2. The van der Waals surface area contributed by atoms with E-state index in [9.17, 15) is 4.79 Å². The third-order valence-corrected chi connectivity index (χ3v) is 3.58. The molecule has 0 saturated heterocycles. The summed E-state index contributed by atoms with van der Waals surface area (Å²) in [5.74, 6) is 0.137. The van der Waals surface area contributed by atoms with Gasteiger partial charge >= 0.3 is 0 Å². The van der Waals surface area contributed by atoms with Gasteiger partial charge in [-0.05, 0) is 36.4 Å². The van der Waals surface area contributed by atoms with Crippen LogP contribution in [0.15, 0.2) is 53.4 Å². The number of hydrogen-bond donors (Lipinski definition) is 2. The van der Waals surface area contributed by atoms with Crippen molar-refractivity contribution in [3.8, 4) is 6.07 Å². The molecule has 20 heavy (non-hydrogen) atoms. The molecule has 0 aliphatic carbocycles. The summed E-state index contributed by atoms with van der Waals surface area (Å²) in [4.78, 5) is 12.8. The number of carbonyl (C=O) groups excluding carboxylic acids is 1. The van der Waals surface area contributed by atoms with E-state index < -0.39 is 0 Å². The van der Waals surface area contributed by atoms with Crippen molar-refractivity contribution in [3.05, 3.63) is 54.1 Å². The fourth-order valence-corrected chi connectivity index (χ4v) is 2.29. The van der Waals surface area contributed by atoms with Crippen LogP contribution in [-0.4, -0.2) is 11.7 Å². The van der Waals surface area contributed by atoms with Gasteiger partial charge in [-0.1, -0.05) is 12.1 Å². The smallest absolute Gasteiger partial charge is 0.234 e. The van der Waals surface area contributed by atoms with Crippen molar-refractivity contribution < 1.29 is 4.79 Å².